The highest BCUT2D eigenvalue weighted by Crippen LogP contribution is 2.11. The third-order valence-electron chi connectivity index (χ3n) is 2.98. The van der Waals surface area contributed by atoms with E-state index in [4.69, 9.17) is 9.47 Å². The summed E-state index contributed by atoms with van der Waals surface area (Å²) in [5.74, 6) is -0.253. The number of aromatic nitrogens is 3. The maximum atomic E-state index is 12.2. The average molecular weight is 278 g/mol. The zero-order chi connectivity index (χ0) is 14.7. The summed E-state index contributed by atoms with van der Waals surface area (Å²) in [6, 6.07) is 1.91. The number of hydrogen-bond acceptors (Lipinski definition) is 5. The standard InChI is InChI=1S/C13H18N4O3/c1-8-5-9(2)17-12(16-8)10(6-15-17)13(18)14-7-11(19-3)20-4/h5-6,11H,7H2,1-4H3,(H,14,18). The van der Waals surface area contributed by atoms with Crippen LogP contribution in [0.25, 0.3) is 5.65 Å². The molecule has 0 aliphatic heterocycles. The van der Waals surface area contributed by atoms with Crippen LogP contribution < -0.4 is 5.32 Å². The number of amides is 1. The predicted octanol–water partition coefficient (Wildman–Crippen LogP) is 0.695. The van der Waals surface area contributed by atoms with E-state index in [9.17, 15) is 4.79 Å². The number of methoxy groups -OCH3 is 2. The summed E-state index contributed by atoms with van der Waals surface area (Å²) in [5, 5.41) is 6.91. The summed E-state index contributed by atoms with van der Waals surface area (Å²) < 4.78 is 11.7. The van der Waals surface area contributed by atoms with Crippen molar-refractivity contribution < 1.29 is 14.3 Å². The van der Waals surface area contributed by atoms with Gasteiger partial charge in [0.25, 0.3) is 5.91 Å². The maximum Gasteiger partial charge on any atom is 0.256 e. The van der Waals surface area contributed by atoms with Crippen molar-refractivity contribution >= 4 is 11.6 Å². The maximum absolute atomic E-state index is 12.2. The van der Waals surface area contributed by atoms with Gasteiger partial charge in [-0.15, -0.1) is 0 Å². The molecule has 0 aliphatic carbocycles. The summed E-state index contributed by atoms with van der Waals surface area (Å²) >= 11 is 0. The SMILES string of the molecule is COC(CNC(=O)c1cnn2c(C)cc(C)nc12)OC. The van der Waals surface area contributed by atoms with Crippen molar-refractivity contribution in [2.24, 2.45) is 0 Å². The number of fused-ring (bicyclic) bond motifs is 1. The number of rotatable bonds is 5. The summed E-state index contributed by atoms with van der Waals surface area (Å²) in [5.41, 5.74) is 2.75. The molecule has 0 aromatic carbocycles. The Balaban J connectivity index is 2.22. The smallest absolute Gasteiger partial charge is 0.256 e. The van der Waals surface area contributed by atoms with Gasteiger partial charge in [0.1, 0.15) is 5.56 Å². The number of hydrogen-bond donors (Lipinski definition) is 1. The van der Waals surface area contributed by atoms with Crippen LogP contribution in [0.15, 0.2) is 12.3 Å². The van der Waals surface area contributed by atoms with E-state index in [1.807, 2.05) is 19.9 Å². The Morgan fingerprint density at radius 3 is 2.75 bits per heavy atom. The Labute approximate surface area is 116 Å². The van der Waals surface area contributed by atoms with Gasteiger partial charge in [0.2, 0.25) is 0 Å². The number of nitrogens with zero attached hydrogens (tertiary/aromatic N) is 3. The highest BCUT2D eigenvalue weighted by Gasteiger charge is 2.16. The molecule has 2 aromatic rings. The Morgan fingerprint density at radius 2 is 2.10 bits per heavy atom. The first kappa shape index (κ1) is 14.4. The highest BCUT2D eigenvalue weighted by molar-refractivity contribution is 5.99. The van der Waals surface area contributed by atoms with Crippen molar-refractivity contribution in [3.63, 3.8) is 0 Å². The molecule has 0 saturated heterocycles. The summed E-state index contributed by atoms with van der Waals surface area (Å²) in [7, 11) is 3.04. The number of carbonyl (C=O) groups excluding carboxylic acids is 1. The molecule has 0 spiro atoms. The zero-order valence-electron chi connectivity index (χ0n) is 12.0. The van der Waals surface area contributed by atoms with Crippen LogP contribution in [0.2, 0.25) is 0 Å². The number of aryl methyl sites for hydroxylation is 2. The van der Waals surface area contributed by atoms with E-state index in [1.54, 1.807) is 4.52 Å². The fraction of sp³-hybridized carbons (Fsp3) is 0.462. The fourth-order valence-electron chi connectivity index (χ4n) is 1.96. The van der Waals surface area contributed by atoms with Gasteiger partial charge in [-0.2, -0.15) is 5.10 Å². The highest BCUT2D eigenvalue weighted by atomic mass is 16.7. The quantitative estimate of drug-likeness (QED) is 0.814. The Bertz CT molecular complexity index is 619. The summed E-state index contributed by atoms with van der Waals surface area (Å²) in [4.78, 5) is 16.5. The van der Waals surface area contributed by atoms with Crippen LogP contribution in [0.1, 0.15) is 21.7 Å². The molecule has 2 heterocycles. The number of ether oxygens (including phenoxy) is 2. The van der Waals surface area contributed by atoms with Gasteiger partial charge in [0, 0.05) is 25.6 Å². The van der Waals surface area contributed by atoms with E-state index in [-0.39, 0.29) is 12.5 Å². The lowest BCUT2D eigenvalue weighted by molar-refractivity contribution is -0.0974. The van der Waals surface area contributed by atoms with Gasteiger partial charge in [-0.3, -0.25) is 4.79 Å². The number of nitrogens with one attached hydrogen (secondary N) is 1. The Kier molecular flexibility index (Phi) is 4.31. The van der Waals surface area contributed by atoms with E-state index in [2.05, 4.69) is 15.4 Å². The van der Waals surface area contributed by atoms with Gasteiger partial charge in [0.05, 0.1) is 12.7 Å². The molecule has 20 heavy (non-hydrogen) atoms. The molecule has 0 fully saturated rings. The van der Waals surface area contributed by atoms with Crippen LogP contribution in [-0.4, -0.2) is 47.6 Å². The first-order chi connectivity index (χ1) is 9.56. The molecular weight excluding hydrogens is 260 g/mol. The predicted molar refractivity (Wildman–Crippen MR) is 72.6 cm³/mol. The molecule has 7 heteroatoms. The largest absolute Gasteiger partial charge is 0.354 e. The second kappa shape index (κ2) is 5.98. The fourth-order valence-corrected chi connectivity index (χ4v) is 1.96. The second-order valence-electron chi connectivity index (χ2n) is 4.44. The van der Waals surface area contributed by atoms with Crippen LogP contribution in [0.3, 0.4) is 0 Å². The van der Waals surface area contributed by atoms with Gasteiger partial charge in [0.15, 0.2) is 11.9 Å². The van der Waals surface area contributed by atoms with Gasteiger partial charge >= 0.3 is 0 Å². The van der Waals surface area contributed by atoms with Crippen LogP contribution in [0, 0.1) is 13.8 Å². The van der Waals surface area contributed by atoms with E-state index in [1.165, 1.54) is 20.4 Å². The summed E-state index contributed by atoms with van der Waals surface area (Å²) in [6.45, 7) is 4.06. The molecule has 0 radical (unpaired) electrons. The first-order valence-corrected chi connectivity index (χ1v) is 6.22. The van der Waals surface area contributed by atoms with Crippen LogP contribution in [0.4, 0.5) is 0 Å². The van der Waals surface area contributed by atoms with E-state index < -0.39 is 6.29 Å². The molecule has 7 nitrogen and oxygen atoms in total. The molecule has 0 aliphatic rings. The van der Waals surface area contributed by atoms with Crippen LogP contribution >= 0.6 is 0 Å². The van der Waals surface area contributed by atoms with Crippen LogP contribution in [0.5, 0.6) is 0 Å². The normalized spacial score (nSPS) is 11.2. The molecular formula is C13H18N4O3. The molecule has 0 atom stereocenters. The Morgan fingerprint density at radius 1 is 1.40 bits per heavy atom. The minimum atomic E-state index is -0.475. The Hall–Kier alpha value is -1.99. The molecule has 108 valence electrons. The van der Waals surface area contributed by atoms with Gasteiger partial charge in [-0.1, -0.05) is 0 Å². The first-order valence-electron chi connectivity index (χ1n) is 6.22. The average Bonchev–Trinajstić information content (AvgIpc) is 2.83. The lowest BCUT2D eigenvalue weighted by Crippen LogP contribution is -2.34. The van der Waals surface area contributed by atoms with Gasteiger partial charge < -0.3 is 14.8 Å². The van der Waals surface area contributed by atoms with Crippen LogP contribution in [-0.2, 0) is 9.47 Å². The van der Waals surface area contributed by atoms with Crippen molar-refractivity contribution in [2.45, 2.75) is 20.1 Å². The van der Waals surface area contributed by atoms with Crippen molar-refractivity contribution in [3.8, 4) is 0 Å². The summed E-state index contributed by atoms with van der Waals surface area (Å²) in [6.07, 6.45) is 1.04. The van der Waals surface area contributed by atoms with Crippen molar-refractivity contribution in [1.82, 2.24) is 19.9 Å². The molecule has 0 bridgehead atoms. The lowest BCUT2D eigenvalue weighted by atomic mass is 10.3. The zero-order valence-corrected chi connectivity index (χ0v) is 12.0. The van der Waals surface area contributed by atoms with Gasteiger partial charge in [-0.05, 0) is 19.9 Å². The molecule has 2 rings (SSSR count). The topological polar surface area (TPSA) is 77.8 Å². The lowest BCUT2D eigenvalue weighted by Gasteiger charge is -2.13. The molecule has 2 aromatic heterocycles. The molecule has 1 N–H and O–H groups in total. The third kappa shape index (κ3) is 2.78. The molecule has 1 amide bonds. The minimum absolute atomic E-state index is 0.253. The monoisotopic (exact) mass is 278 g/mol. The third-order valence-corrected chi connectivity index (χ3v) is 2.98. The van der Waals surface area contributed by atoms with E-state index >= 15 is 0 Å². The second-order valence-corrected chi connectivity index (χ2v) is 4.44. The number of carbonyl (C=O) groups is 1. The van der Waals surface area contributed by atoms with Crippen molar-refractivity contribution in [2.75, 3.05) is 20.8 Å². The molecule has 0 unspecified atom stereocenters. The van der Waals surface area contributed by atoms with E-state index in [0.29, 0.717) is 11.2 Å². The molecule has 0 saturated carbocycles. The minimum Gasteiger partial charge on any atom is -0.354 e. The van der Waals surface area contributed by atoms with Crippen molar-refractivity contribution in [1.29, 1.82) is 0 Å². The van der Waals surface area contributed by atoms with Gasteiger partial charge in [-0.25, -0.2) is 9.50 Å². The van der Waals surface area contributed by atoms with Crippen molar-refractivity contribution in [3.05, 3.63) is 29.2 Å². The van der Waals surface area contributed by atoms with E-state index in [0.717, 1.165) is 11.4 Å².